The smallest absolute Gasteiger partial charge is 0.115 e. The summed E-state index contributed by atoms with van der Waals surface area (Å²) < 4.78 is 0. The normalized spacial score (nSPS) is 12.2. The van der Waals surface area contributed by atoms with Crippen molar-refractivity contribution in [2.45, 2.75) is 33.7 Å². The summed E-state index contributed by atoms with van der Waals surface area (Å²) in [6.07, 6.45) is 0. The molecule has 3 heteroatoms. The number of phenols is 1. The van der Waals surface area contributed by atoms with E-state index in [1.165, 1.54) is 11.1 Å². The van der Waals surface area contributed by atoms with Crippen molar-refractivity contribution in [2.24, 2.45) is 0 Å². The third-order valence-electron chi connectivity index (χ3n) is 3.27. The van der Waals surface area contributed by atoms with Crippen LogP contribution in [-0.4, -0.2) is 10.1 Å². The molecular formula is C16H20N2O. The molecule has 0 amide bonds. The molecule has 0 aliphatic carbocycles. The summed E-state index contributed by atoms with van der Waals surface area (Å²) in [4.78, 5) is 4.53. The first-order valence-electron chi connectivity index (χ1n) is 6.47. The van der Waals surface area contributed by atoms with Crippen molar-refractivity contribution < 1.29 is 5.11 Å². The second kappa shape index (κ2) is 5.31. The van der Waals surface area contributed by atoms with Gasteiger partial charge in [0, 0.05) is 17.1 Å². The van der Waals surface area contributed by atoms with E-state index in [0.29, 0.717) is 0 Å². The van der Waals surface area contributed by atoms with E-state index in [2.05, 4.69) is 30.2 Å². The first kappa shape index (κ1) is 13.4. The van der Waals surface area contributed by atoms with E-state index in [4.69, 9.17) is 0 Å². The molecular weight excluding hydrogens is 236 g/mol. The first-order chi connectivity index (χ1) is 8.97. The van der Waals surface area contributed by atoms with Gasteiger partial charge in [0.25, 0.3) is 0 Å². The monoisotopic (exact) mass is 256 g/mol. The predicted octanol–water partition coefficient (Wildman–Crippen LogP) is 3.89. The van der Waals surface area contributed by atoms with Gasteiger partial charge >= 0.3 is 0 Å². The molecule has 2 rings (SSSR count). The van der Waals surface area contributed by atoms with E-state index in [1.807, 2.05) is 26.0 Å². The highest BCUT2D eigenvalue weighted by Gasteiger charge is 2.12. The fourth-order valence-electron chi connectivity index (χ4n) is 2.57. The van der Waals surface area contributed by atoms with Crippen LogP contribution < -0.4 is 5.32 Å². The number of hydrogen-bond donors (Lipinski definition) is 2. The van der Waals surface area contributed by atoms with Crippen LogP contribution in [0.3, 0.4) is 0 Å². The predicted molar refractivity (Wildman–Crippen MR) is 78.6 cm³/mol. The van der Waals surface area contributed by atoms with E-state index in [-0.39, 0.29) is 11.8 Å². The van der Waals surface area contributed by atoms with E-state index >= 15 is 0 Å². The Bertz CT molecular complexity index is 553. The van der Waals surface area contributed by atoms with Crippen LogP contribution in [0.1, 0.15) is 35.5 Å². The minimum Gasteiger partial charge on any atom is -0.508 e. The van der Waals surface area contributed by atoms with E-state index < -0.39 is 0 Å². The van der Waals surface area contributed by atoms with Crippen LogP contribution in [0, 0.1) is 20.8 Å². The maximum absolute atomic E-state index is 9.29. The van der Waals surface area contributed by atoms with Crippen LogP contribution in [0.2, 0.25) is 0 Å². The summed E-state index contributed by atoms with van der Waals surface area (Å²) >= 11 is 0. The number of hydrogen-bond acceptors (Lipinski definition) is 3. The Kier molecular flexibility index (Phi) is 3.74. The highest BCUT2D eigenvalue weighted by atomic mass is 16.3. The third kappa shape index (κ3) is 3.05. The van der Waals surface area contributed by atoms with Crippen LogP contribution in [0.15, 0.2) is 30.3 Å². The molecule has 2 aromatic rings. The van der Waals surface area contributed by atoms with Gasteiger partial charge < -0.3 is 10.4 Å². The number of aromatic hydroxyl groups is 1. The summed E-state index contributed by atoms with van der Waals surface area (Å²) in [5, 5.41) is 12.7. The average Bonchev–Trinajstić information content (AvgIpc) is 2.30. The minimum absolute atomic E-state index is 0.178. The van der Waals surface area contributed by atoms with Gasteiger partial charge in [-0.25, -0.2) is 0 Å². The van der Waals surface area contributed by atoms with E-state index in [0.717, 1.165) is 17.1 Å². The largest absolute Gasteiger partial charge is 0.508 e. The maximum atomic E-state index is 9.29. The molecule has 100 valence electrons. The van der Waals surface area contributed by atoms with Crippen molar-refractivity contribution in [3.05, 3.63) is 52.8 Å². The molecule has 0 saturated carbocycles. The summed E-state index contributed by atoms with van der Waals surface area (Å²) in [5.74, 6) is 0.280. The Labute approximate surface area is 114 Å². The summed E-state index contributed by atoms with van der Waals surface area (Å²) in [5.41, 5.74) is 5.60. The fourth-order valence-corrected chi connectivity index (χ4v) is 2.57. The molecule has 0 saturated heterocycles. The Balaban J connectivity index is 2.25. The van der Waals surface area contributed by atoms with Gasteiger partial charge in [0.15, 0.2) is 0 Å². The number of aromatic nitrogens is 1. The highest BCUT2D eigenvalue weighted by molar-refractivity contribution is 5.49. The molecule has 1 aromatic carbocycles. The van der Waals surface area contributed by atoms with Gasteiger partial charge in [-0.05, 0) is 69.2 Å². The van der Waals surface area contributed by atoms with Crippen molar-refractivity contribution in [1.29, 1.82) is 0 Å². The molecule has 0 aliphatic heterocycles. The molecule has 0 aliphatic rings. The van der Waals surface area contributed by atoms with Gasteiger partial charge in [-0.1, -0.05) is 0 Å². The quantitative estimate of drug-likeness (QED) is 0.819. The Morgan fingerprint density at radius 2 is 1.74 bits per heavy atom. The number of pyridine rings is 1. The average molecular weight is 256 g/mol. The van der Waals surface area contributed by atoms with Gasteiger partial charge in [0.2, 0.25) is 0 Å². The summed E-state index contributed by atoms with van der Waals surface area (Å²) in [6.45, 7) is 8.30. The maximum Gasteiger partial charge on any atom is 0.115 e. The molecule has 19 heavy (non-hydrogen) atoms. The number of nitrogens with zero attached hydrogens (tertiary/aromatic N) is 1. The zero-order valence-electron chi connectivity index (χ0n) is 11.9. The molecule has 3 nitrogen and oxygen atoms in total. The SMILES string of the molecule is Cc1cc(C)c(C(C)Nc2ccc(O)cc2)c(C)n1. The van der Waals surface area contributed by atoms with Crippen LogP contribution in [0.25, 0.3) is 0 Å². The highest BCUT2D eigenvalue weighted by Crippen LogP contribution is 2.25. The minimum atomic E-state index is 0.178. The van der Waals surface area contributed by atoms with Gasteiger partial charge in [0.05, 0.1) is 6.04 Å². The van der Waals surface area contributed by atoms with Crippen molar-refractivity contribution in [2.75, 3.05) is 5.32 Å². The number of rotatable bonds is 3. The van der Waals surface area contributed by atoms with Crippen molar-refractivity contribution in [3.8, 4) is 5.75 Å². The van der Waals surface area contributed by atoms with E-state index in [1.54, 1.807) is 12.1 Å². The molecule has 0 bridgehead atoms. The molecule has 0 fully saturated rings. The lowest BCUT2D eigenvalue weighted by Crippen LogP contribution is -2.11. The Morgan fingerprint density at radius 3 is 2.32 bits per heavy atom. The lowest BCUT2D eigenvalue weighted by atomic mass is 10.00. The van der Waals surface area contributed by atoms with Gasteiger partial charge in [0.1, 0.15) is 5.75 Å². The van der Waals surface area contributed by atoms with Gasteiger partial charge in [-0.3, -0.25) is 4.98 Å². The molecule has 1 heterocycles. The van der Waals surface area contributed by atoms with Crippen molar-refractivity contribution >= 4 is 5.69 Å². The van der Waals surface area contributed by atoms with Gasteiger partial charge in [-0.2, -0.15) is 0 Å². The first-order valence-corrected chi connectivity index (χ1v) is 6.47. The zero-order chi connectivity index (χ0) is 14.0. The molecule has 1 atom stereocenters. The fraction of sp³-hybridized carbons (Fsp3) is 0.312. The Hall–Kier alpha value is -2.03. The lowest BCUT2D eigenvalue weighted by Gasteiger charge is -2.20. The lowest BCUT2D eigenvalue weighted by molar-refractivity contribution is 0.475. The van der Waals surface area contributed by atoms with Gasteiger partial charge in [-0.15, -0.1) is 0 Å². The molecule has 0 radical (unpaired) electrons. The molecule has 1 unspecified atom stereocenters. The van der Waals surface area contributed by atoms with E-state index in [9.17, 15) is 5.11 Å². The standard InChI is InChI=1S/C16H20N2O/c1-10-9-11(2)17-12(3)16(10)13(4)18-14-5-7-15(19)8-6-14/h5-9,13,18-19H,1-4H3. The van der Waals surface area contributed by atoms with Crippen LogP contribution >= 0.6 is 0 Å². The summed E-state index contributed by atoms with van der Waals surface area (Å²) in [7, 11) is 0. The molecule has 2 N–H and O–H groups in total. The number of phenolic OH excluding ortho intramolecular Hbond substituents is 1. The Morgan fingerprint density at radius 1 is 1.11 bits per heavy atom. The summed E-state index contributed by atoms with van der Waals surface area (Å²) in [6, 6.07) is 9.40. The van der Waals surface area contributed by atoms with Crippen LogP contribution in [0.5, 0.6) is 5.75 Å². The van der Waals surface area contributed by atoms with Crippen molar-refractivity contribution in [1.82, 2.24) is 4.98 Å². The number of anilines is 1. The molecule has 1 aromatic heterocycles. The van der Waals surface area contributed by atoms with Crippen molar-refractivity contribution in [3.63, 3.8) is 0 Å². The number of nitrogens with one attached hydrogen (secondary N) is 1. The van der Waals surface area contributed by atoms with Crippen LogP contribution in [0.4, 0.5) is 5.69 Å². The topological polar surface area (TPSA) is 45.1 Å². The second-order valence-electron chi connectivity index (χ2n) is 4.99. The molecule has 0 spiro atoms. The number of aryl methyl sites for hydroxylation is 3. The third-order valence-corrected chi connectivity index (χ3v) is 3.27. The zero-order valence-corrected chi connectivity index (χ0v) is 11.9. The van der Waals surface area contributed by atoms with Crippen LogP contribution in [-0.2, 0) is 0 Å². The number of benzene rings is 1. The second-order valence-corrected chi connectivity index (χ2v) is 4.99.